The van der Waals surface area contributed by atoms with Crippen LogP contribution >= 0.6 is 0 Å². The third kappa shape index (κ3) is 28.0. The van der Waals surface area contributed by atoms with Crippen molar-refractivity contribution in [1.29, 1.82) is 0 Å². The molecule has 6 aromatic carbocycles. The number of hydrogen-bond acceptors (Lipinski definition) is 36. The topological polar surface area (TPSA) is 346 Å². The van der Waals surface area contributed by atoms with Crippen molar-refractivity contribution < 1.29 is 82.6 Å². The molecule has 39 heteroatoms. The lowest BCUT2D eigenvalue weighted by molar-refractivity contribution is 0.0113. The summed E-state index contributed by atoms with van der Waals surface area (Å²) in [6.45, 7) is 56.6. The van der Waals surface area contributed by atoms with Crippen LogP contribution in [0.15, 0.2) is 118 Å². The van der Waals surface area contributed by atoms with Gasteiger partial charge in [0.2, 0.25) is 0 Å². The Morgan fingerprint density at radius 2 is 0.527 bits per heavy atom. The minimum atomic E-state index is -0.397. The van der Waals surface area contributed by atoms with E-state index in [0.29, 0.717) is 166 Å². The number of piperidine rings is 3. The van der Waals surface area contributed by atoms with E-state index in [1.165, 1.54) is 34.4 Å². The first-order chi connectivity index (χ1) is 72.6. The zero-order valence-corrected chi connectivity index (χ0v) is 90.5. The lowest BCUT2D eigenvalue weighted by Gasteiger charge is -2.39. The van der Waals surface area contributed by atoms with E-state index in [4.69, 9.17) is 79.4 Å². The Bertz CT molecular complexity index is 6000. The van der Waals surface area contributed by atoms with Gasteiger partial charge in [0.05, 0.1) is 117 Å². The van der Waals surface area contributed by atoms with Gasteiger partial charge in [0.15, 0.2) is 0 Å². The van der Waals surface area contributed by atoms with Crippen molar-refractivity contribution in [3.8, 4) is 86.0 Å². The van der Waals surface area contributed by atoms with Crippen LogP contribution in [0.4, 0.5) is 49.1 Å². The predicted octanol–water partition coefficient (Wildman–Crippen LogP) is 18.9. The summed E-state index contributed by atoms with van der Waals surface area (Å²) in [6, 6.07) is 31.3. The molecule has 0 aliphatic carbocycles. The molecule has 0 amide bonds. The van der Waals surface area contributed by atoms with Gasteiger partial charge >= 0.3 is 18.0 Å². The number of hydrogen-bond donors (Lipinski definition) is 0. The summed E-state index contributed by atoms with van der Waals surface area (Å²) in [4.78, 5) is 34.1. The number of ether oxygens (including phenoxy) is 9. The van der Waals surface area contributed by atoms with E-state index in [1.807, 2.05) is 75.6 Å². The summed E-state index contributed by atoms with van der Waals surface area (Å²) in [7, 11) is 4.96. The standard InChI is InChI=1S/C22H32N4O3.C21H30N4O2.C20H27FN4O2.C17H23N3O3.C16H20FN3O3.C15H18FN3O2/c1-15(2)18-13-16(3)19(14-20(18)27-4)21-23-22(24-29-21)26-7-5-17(6-8-26)25-9-11-28-12-10-25;1-15(2)17-4-5-19(16(3)14-17)20-22-21(23-27-20)25-8-6-18(7-9-25)24-10-12-26-13-11-24;1-14(2)15-3-4-17(18(21)13-15)19-22-23-20(27-19)25-7-5-16(6-8-25)24-9-11-26-12-10-24;1-11(2)13-9-12(3)14(10-15(13)21-4)16-18-17(19-23-16)20-5-7-22-8-6-20;1-10(2)11-8-13(17)12(9-14(11)21-3)15-18-19-16(23-15)20-4-6-22-7-5-20;1-10(2)11-3-4-12(13(16)9-11)14-17-18-15(21-14)19-5-7-20-8-6-19/h13-15,17H,5-12H2,1-4H3;4-5,14-15,18H,6-13H2,1-3H3;3-4,13-14,16H,5-12H2,1-2H3;9-11H,5-8H2,1-4H3;8-10H,4-7H2,1-3H3;3-4,9-10H,5-8H2,1-2H3. The molecule has 9 saturated heterocycles. The van der Waals surface area contributed by atoms with Gasteiger partial charge in [0.25, 0.3) is 53.2 Å². The minimum absolute atomic E-state index is 0.151. The second-order valence-electron chi connectivity index (χ2n) is 41.1. The van der Waals surface area contributed by atoms with Gasteiger partial charge in [-0.15, -0.1) is 15.3 Å². The van der Waals surface area contributed by atoms with Crippen LogP contribution in [0.5, 0.6) is 17.2 Å². The number of rotatable bonds is 24. The number of morpholine rings is 6. The van der Waals surface area contributed by atoms with Crippen LogP contribution < -0.4 is 43.6 Å². The molecule has 6 aromatic heterocycles. The zero-order chi connectivity index (χ0) is 106. The molecule has 0 N–H and O–H groups in total. The Morgan fingerprint density at radius 3 is 0.840 bits per heavy atom. The van der Waals surface area contributed by atoms with Gasteiger partial charge in [-0.05, 0) is 215 Å². The van der Waals surface area contributed by atoms with Crippen LogP contribution in [-0.4, -0.2) is 312 Å². The predicted molar refractivity (Wildman–Crippen MR) is 569 cm³/mol. The van der Waals surface area contributed by atoms with Gasteiger partial charge in [-0.25, -0.2) is 13.2 Å². The summed E-state index contributed by atoms with van der Waals surface area (Å²) in [5.74, 6) is 7.63. The number of benzene rings is 6. The Morgan fingerprint density at radius 1 is 0.267 bits per heavy atom. The van der Waals surface area contributed by atoms with Crippen LogP contribution in [0.1, 0.15) is 207 Å². The number of nitrogens with zero attached hydrogens (tertiary/aromatic N) is 21. The summed E-state index contributed by atoms with van der Waals surface area (Å²) in [5.41, 5.74) is 13.7. The number of aryl methyl sites for hydroxylation is 3. The Kier molecular flexibility index (Phi) is 38.8. The van der Waals surface area contributed by atoms with E-state index in [0.717, 1.165) is 232 Å². The highest BCUT2D eigenvalue weighted by Crippen LogP contribution is 2.41. The molecule has 0 atom stereocenters. The van der Waals surface area contributed by atoms with Crippen molar-refractivity contribution in [1.82, 2.24) is 75.7 Å². The van der Waals surface area contributed by atoms with Gasteiger partial charge in [0.1, 0.15) is 34.7 Å². The van der Waals surface area contributed by atoms with Crippen molar-refractivity contribution in [2.24, 2.45) is 0 Å². The Labute approximate surface area is 878 Å². The van der Waals surface area contributed by atoms with Crippen LogP contribution in [0.3, 0.4) is 0 Å². The van der Waals surface area contributed by atoms with Gasteiger partial charge < -0.3 is 98.9 Å². The SMILES string of the molecule is CC(C)c1ccc(-c2nnc(N3CCC(N4CCOCC4)CC3)o2)c(F)c1.CC(C)c1ccc(-c2nnc(N3CCOCC3)o2)c(F)c1.COc1cc(-c2nc(N3CCC(N4CCOCC4)CC3)no2)c(C)cc1C(C)C.COc1cc(-c2nc(N3CCOCC3)no2)c(C)cc1C(C)C.COc1cc(-c2nnc(N3CCOCC3)o2)c(F)cc1C(C)C.Cc1cc(C(C)C)ccc1-c1nc(N2CCC(N3CCOCC3)CC2)no1. The molecular weight excluding hydrogens is 1920 g/mol. The molecule has 36 nitrogen and oxygen atoms in total. The average Bonchev–Trinajstić information content (AvgIpc) is 1.62. The monoisotopic (exact) mass is 2070 g/mol. The number of anilines is 6. The van der Waals surface area contributed by atoms with Crippen molar-refractivity contribution >= 4 is 35.9 Å². The molecule has 150 heavy (non-hydrogen) atoms. The summed E-state index contributed by atoms with van der Waals surface area (Å²) >= 11 is 0. The average molecular weight is 2080 g/mol. The highest BCUT2D eigenvalue weighted by atomic mass is 19.1. The highest BCUT2D eigenvalue weighted by molar-refractivity contribution is 5.67. The first kappa shape index (κ1) is 110. The number of aromatic nitrogens is 12. The summed E-state index contributed by atoms with van der Waals surface area (Å²) < 4.78 is 126. The molecule has 0 unspecified atom stereocenters. The molecule has 21 rings (SSSR count). The van der Waals surface area contributed by atoms with Gasteiger partial charge in [-0.1, -0.05) is 135 Å². The fourth-order valence-electron chi connectivity index (χ4n) is 20.0. The van der Waals surface area contributed by atoms with Crippen molar-refractivity contribution in [3.63, 3.8) is 0 Å². The van der Waals surface area contributed by atoms with Crippen molar-refractivity contribution in [3.05, 3.63) is 159 Å². The van der Waals surface area contributed by atoms with Crippen LogP contribution in [0.25, 0.3) is 68.7 Å². The molecule has 9 aliphatic rings. The zero-order valence-electron chi connectivity index (χ0n) is 90.5. The third-order valence-corrected chi connectivity index (χ3v) is 29.2. The molecule has 0 bridgehead atoms. The molecule has 15 heterocycles. The first-order valence-electron chi connectivity index (χ1n) is 53.3. The number of methoxy groups -OCH3 is 3. The molecule has 0 spiro atoms. The maximum absolute atomic E-state index is 14.4. The fourth-order valence-corrected chi connectivity index (χ4v) is 20.0. The molecule has 810 valence electrons. The molecular formula is C111H150F3N21O15. The lowest BCUT2D eigenvalue weighted by atomic mass is 9.96. The van der Waals surface area contributed by atoms with Gasteiger partial charge in [-0.2, -0.15) is 15.0 Å². The van der Waals surface area contributed by atoms with Gasteiger partial charge in [-0.3, -0.25) is 14.7 Å². The van der Waals surface area contributed by atoms with E-state index in [-0.39, 0.29) is 52.6 Å². The highest BCUT2D eigenvalue weighted by Gasteiger charge is 2.35. The van der Waals surface area contributed by atoms with E-state index >= 15 is 0 Å². The quantitative estimate of drug-likeness (QED) is 0.0542. The van der Waals surface area contributed by atoms with Crippen molar-refractivity contribution in [2.75, 3.05) is 248 Å². The van der Waals surface area contributed by atoms with Crippen LogP contribution in [0.2, 0.25) is 0 Å². The van der Waals surface area contributed by atoms with E-state index in [1.54, 1.807) is 45.6 Å². The largest absolute Gasteiger partial charge is 0.496 e. The van der Waals surface area contributed by atoms with E-state index < -0.39 is 5.82 Å². The normalized spacial score (nSPS) is 17.7. The van der Waals surface area contributed by atoms with E-state index in [2.05, 4.69) is 178 Å². The van der Waals surface area contributed by atoms with E-state index in [9.17, 15) is 13.2 Å². The summed E-state index contributed by atoms with van der Waals surface area (Å²) in [6.07, 6.45) is 6.67. The first-order valence-corrected chi connectivity index (χ1v) is 53.3. The molecule has 0 radical (unpaired) electrons. The minimum Gasteiger partial charge on any atom is -0.496 e. The molecule has 12 aromatic rings. The van der Waals surface area contributed by atoms with Crippen LogP contribution in [0, 0.1) is 38.2 Å². The summed E-state index contributed by atoms with van der Waals surface area (Å²) in [5, 5.41) is 36.8. The smallest absolute Gasteiger partial charge is 0.318 e. The maximum Gasteiger partial charge on any atom is 0.318 e. The second-order valence-corrected chi connectivity index (χ2v) is 41.1. The molecule has 9 aliphatic heterocycles. The van der Waals surface area contributed by atoms with Crippen molar-refractivity contribution in [2.45, 2.75) is 196 Å². The molecule has 0 saturated carbocycles. The Hall–Kier alpha value is -12.2. The lowest BCUT2D eigenvalue weighted by Crippen LogP contribution is -2.49. The van der Waals surface area contributed by atoms with Crippen LogP contribution in [-0.2, 0) is 28.4 Å². The number of halogens is 3. The molecule has 9 fully saturated rings. The third-order valence-electron chi connectivity index (χ3n) is 29.2. The fraction of sp³-hybridized carbons (Fsp3) is 0.568. The Balaban J connectivity index is 0.000000129. The maximum atomic E-state index is 14.4. The van der Waals surface area contributed by atoms with Gasteiger partial charge in [0, 0.05) is 153 Å². The second kappa shape index (κ2) is 52.7.